The van der Waals surface area contributed by atoms with E-state index in [1.807, 2.05) is 24.3 Å². The van der Waals surface area contributed by atoms with Crippen molar-refractivity contribution in [2.75, 3.05) is 18.0 Å². The number of benzene rings is 1. The van der Waals surface area contributed by atoms with Gasteiger partial charge in [-0.2, -0.15) is 4.98 Å². The standard InChI is InChI=1S/C22H30N4O2.2ClH/c23-17-12-15-4-3-5-16(13-17)20(15)25-21(27)14-8-10-26(11-9-14)22-24-18-6-1-2-7-19(18)28-22;;/h1-2,6-7,14-17,20H,3-5,8-13,23H2,(H,25,27);2*1H. The van der Waals surface area contributed by atoms with Crippen LogP contribution in [0.1, 0.15) is 44.9 Å². The first-order valence-corrected chi connectivity index (χ1v) is 10.8. The highest BCUT2D eigenvalue weighted by Gasteiger charge is 2.41. The number of rotatable bonds is 3. The normalized spacial score (nSPS) is 29.0. The Morgan fingerprint density at radius 3 is 2.40 bits per heavy atom. The molecule has 1 aliphatic heterocycles. The number of fused-ring (bicyclic) bond motifs is 3. The molecule has 2 unspecified atom stereocenters. The van der Waals surface area contributed by atoms with Crippen LogP contribution in [0.2, 0.25) is 0 Å². The maximum Gasteiger partial charge on any atom is 0.298 e. The number of aromatic nitrogens is 1. The molecule has 2 aromatic rings. The molecule has 2 heterocycles. The molecule has 166 valence electrons. The highest BCUT2D eigenvalue weighted by atomic mass is 35.5. The second-order valence-corrected chi connectivity index (χ2v) is 8.94. The Balaban J connectivity index is 0.00000128. The minimum Gasteiger partial charge on any atom is -0.423 e. The van der Waals surface area contributed by atoms with Crippen LogP contribution >= 0.6 is 24.8 Å². The van der Waals surface area contributed by atoms with E-state index in [2.05, 4.69) is 15.2 Å². The molecule has 3 fully saturated rings. The highest BCUT2D eigenvalue weighted by molar-refractivity contribution is 5.85. The average Bonchev–Trinajstić information content (AvgIpc) is 3.13. The number of anilines is 1. The van der Waals surface area contributed by atoms with E-state index < -0.39 is 0 Å². The van der Waals surface area contributed by atoms with Crippen molar-refractivity contribution < 1.29 is 9.21 Å². The molecule has 0 radical (unpaired) electrons. The Labute approximate surface area is 190 Å². The Kier molecular flexibility index (Phi) is 7.53. The van der Waals surface area contributed by atoms with Crippen LogP contribution in [0, 0.1) is 17.8 Å². The summed E-state index contributed by atoms with van der Waals surface area (Å²) in [5, 5.41) is 3.44. The summed E-state index contributed by atoms with van der Waals surface area (Å²) in [6, 6.07) is 9.18. The summed E-state index contributed by atoms with van der Waals surface area (Å²) in [6.07, 6.45) is 7.56. The van der Waals surface area contributed by atoms with Gasteiger partial charge in [0.05, 0.1) is 0 Å². The van der Waals surface area contributed by atoms with Gasteiger partial charge in [-0.1, -0.05) is 18.6 Å². The van der Waals surface area contributed by atoms with Gasteiger partial charge in [-0.3, -0.25) is 4.79 Å². The van der Waals surface area contributed by atoms with Crippen molar-refractivity contribution in [3.8, 4) is 0 Å². The number of para-hydroxylation sites is 2. The first-order chi connectivity index (χ1) is 13.7. The van der Waals surface area contributed by atoms with Crippen molar-refractivity contribution >= 4 is 47.8 Å². The molecule has 2 bridgehead atoms. The van der Waals surface area contributed by atoms with E-state index in [0.717, 1.165) is 49.9 Å². The summed E-state index contributed by atoms with van der Waals surface area (Å²) in [5.74, 6) is 1.49. The van der Waals surface area contributed by atoms with Crippen molar-refractivity contribution in [1.82, 2.24) is 10.3 Å². The summed E-state index contributed by atoms with van der Waals surface area (Å²) in [7, 11) is 0. The summed E-state index contributed by atoms with van der Waals surface area (Å²) in [4.78, 5) is 19.7. The molecule has 8 heteroatoms. The Bertz CT molecular complexity index is 806. The fourth-order valence-corrected chi connectivity index (χ4v) is 5.64. The second-order valence-electron chi connectivity index (χ2n) is 8.94. The van der Waals surface area contributed by atoms with Crippen molar-refractivity contribution in [2.45, 2.75) is 57.0 Å². The van der Waals surface area contributed by atoms with Gasteiger partial charge in [0.2, 0.25) is 5.91 Å². The van der Waals surface area contributed by atoms with E-state index in [4.69, 9.17) is 10.2 Å². The lowest BCUT2D eigenvalue weighted by Gasteiger charge is -2.45. The van der Waals surface area contributed by atoms with Gasteiger partial charge in [0, 0.05) is 31.1 Å². The molecule has 2 saturated carbocycles. The number of carbonyl (C=O) groups is 1. The van der Waals surface area contributed by atoms with Crippen LogP contribution in [0.5, 0.6) is 0 Å². The van der Waals surface area contributed by atoms with Crippen molar-refractivity contribution in [3.63, 3.8) is 0 Å². The average molecular weight is 455 g/mol. The van der Waals surface area contributed by atoms with E-state index in [9.17, 15) is 4.79 Å². The molecular weight excluding hydrogens is 423 g/mol. The number of halogens is 2. The van der Waals surface area contributed by atoms with Gasteiger partial charge in [-0.05, 0) is 62.5 Å². The van der Waals surface area contributed by atoms with Gasteiger partial charge in [-0.25, -0.2) is 0 Å². The van der Waals surface area contributed by atoms with Gasteiger partial charge in [-0.15, -0.1) is 24.8 Å². The third kappa shape index (κ3) is 4.56. The number of nitrogens with zero attached hydrogens (tertiary/aromatic N) is 2. The minimum absolute atomic E-state index is 0. The van der Waals surface area contributed by atoms with Crippen LogP contribution in [0.25, 0.3) is 11.1 Å². The lowest BCUT2D eigenvalue weighted by molar-refractivity contribution is -0.128. The predicted octanol–water partition coefficient (Wildman–Crippen LogP) is 3.91. The SMILES string of the molecule is Cl.Cl.NC1CC2CCCC(C1)C2NC(=O)C1CCN(c2nc3ccccc3o2)CC1. The zero-order valence-corrected chi connectivity index (χ0v) is 18.8. The number of amides is 1. The largest absolute Gasteiger partial charge is 0.423 e. The number of hydrogen-bond donors (Lipinski definition) is 2. The molecule has 1 aromatic carbocycles. The summed E-state index contributed by atoms with van der Waals surface area (Å²) in [6.45, 7) is 1.63. The molecule has 2 atom stereocenters. The Morgan fingerprint density at radius 1 is 1.07 bits per heavy atom. The number of nitrogens with two attached hydrogens (primary N) is 1. The number of oxazole rings is 1. The van der Waals surface area contributed by atoms with E-state index >= 15 is 0 Å². The molecule has 3 aliphatic rings. The molecule has 1 amide bonds. The minimum atomic E-state index is 0. The molecule has 5 rings (SSSR count). The lowest BCUT2D eigenvalue weighted by Crippen LogP contribution is -2.55. The molecule has 1 aromatic heterocycles. The molecule has 0 spiro atoms. The molecule has 30 heavy (non-hydrogen) atoms. The summed E-state index contributed by atoms with van der Waals surface area (Å²) in [5.41, 5.74) is 7.93. The van der Waals surface area contributed by atoms with Gasteiger partial charge in [0.25, 0.3) is 6.01 Å². The third-order valence-electron chi connectivity index (χ3n) is 7.10. The smallest absolute Gasteiger partial charge is 0.298 e. The highest BCUT2D eigenvalue weighted by Crippen LogP contribution is 2.40. The van der Waals surface area contributed by atoms with Crippen LogP contribution in [-0.2, 0) is 4.79 Å². The summed E-state index contributed by atoms with van der Waals surface area (Å²) >= 11 is 0. The second kappa shape index (κ2) is 9.75. The summed E-state index contributed by atoms with van der Waals surface area (Å²) < 4.78 is 5.89. The third-order valence-corrected chi connectivity index (χ3v) is 7.10. The van der Waals surface area contributed by atoms with E-state index in [1.165, 1.54) is 19.3 Å². The molecule has 6 nitrogen and oxygen atoms in total. The quantitative estimate of drug-likeness (QED) is 0.733. The van der Waals surface area contributed by atoms with Gasteiger partial charge in [0.1, 0.15) is 5.52 Å². The maximum atomic E-state index is 13.0. The van der Waals surface area contributed by atoms with Crippen molar-refractivity contribution in [1.29, 1.82) is 0 Å². The van der Waals surface area contributed by atoms with Gasteiger partial charge < -0.3 is 20.4 Å². The molecular formula is C22H32Cl2N4O2. The topological polar surface area (TPSA) is 84.4 Å². The van der Waals surface area contributed by atoms with E-state index in [-0.39, 0.29) is 36.6 Å². The van der Waals surface area contributed by atoms with Crippen molar-refractivity contribution in [3.05, 3.63) is 24.3 Å². The number of hydrogen-bond acceptors (Lipinski definition) is 5. The van der Waals surface area contributed by atoms with Gasteiger partial charge in [0.15, 0.2) is 5.58 Å². The predicted molar refractivity (Wildman–Crippen MR) is 123 cm³/mol. The van der Waals surface area contributed by atoms with Crippen LogP contribution in [0.4, 0.5) is 6.01 Å². The fraction of sp³-hybridized carbons (Fsp3) is 0.636. The molecule has 3 N–H and O–H groups in total. The molecule has 2 aliphatic carbocycles. The Morgan fingerprint density at radius 2 is 1.73 bits per heavy atom. The lowest BCUT2D eigenvalue weighted by atomic mass is 9.67. The van der Waals surface area contributed by atoms with Gasteiger partial charge >= 0.3 is 0 Å². The Hall–Kier alpha value is -1.50. The van der Waals surface area contributed by atoms with Crippen LogP contribution in [0.15, 0.2) is 28.7 Å². The number of carbonyl (C=O) groups excluding carboxylic acids is 1. The van der Waals surface area contributed by atoms with Crippen LogP contribution in [0.3, 0.4) is 0 Å². The zero-order valence-electron chi connectivity index (χ0n) is 17.2. The zero-order chi connectivity index (χ0) is 19.1. The van der Waals surface area contributed by atoms with Crippen molar-refractivity contribution in [2.24, 2.45) is 23.5 Å². The first kappa shape index (κ1) is 23.2. The van der Waals surface area contributed by atoms with Crippen LogP contribution < -0.4 is 16.0 Å². The maximum absolute atomic E-state index is 13.0. The van der Waals surface area contributed by atoms with E-state index in [0.29, 0.717) is 29.9 Å². The number of piperidine rings is 1. The van der Waals surface area contributed by atoms with E-state index in [1.54, 1.807) is 0 Å². The first-order valence-electron chi connectivity index (χ1n) is 10.8. The van der Waals surface area contributed by atoms with Crippen LogP contribution in [-0.4, -0.2) is 36.1 Å². The monoisotopic (exact) mass is 454 g/mol. The molecule has 1 saturated heterocycles. The fourth-order valence-electron chi connectivity index (χ4n) is 5.64. The number of nitrogens with one attached hydrogen (secondary N) is 1.